The number of hydrogen-bond acceptors (Lipinski definition) is 3. The molecule has 0 spiro atoms. The summed E-state index contributed by atoms with van der Waals surface area (Å²) in [6.45, 7) is 9.17. The van der Waals surface area contributed by atoms with Crippen LogP contribution >= 0.6 is 0 Å². The highest BCUT2D eigenvalue weighted by molar-refractivity contribution is 5.95. The quantitative estimate of drug-likeness (QED) is 0.654. The summed E-state index contributed by atoms with van der Waals surface area (Å²) in [5.74, 6) is 0.131. The molecule has 0 bridgehead atoms. The third-order valence-electron chi connectivity index (χ3n) is 4.08. The summed E-state index contributed by atoms with van der Waals surface area (Å²) >= 11 is 0. The maximum Gasteiger partial charge on any atom is 0.122 e. The zero-order valence-corrected chi connectivity index (χ0v) is 12.6. The second kappa shape index (κ2) is 6.37. The Kier molecular flexibility index (Phi) is 4.78. The number of nitrogens with zero attached hydrogens (tertiary/aromatic N) is 1. The van der Waals surface area contributed by atoms with Crippen LogP contribution in [0.1, 0.15) is 37.0 Å². The lowest BCUT2D eigenvalue weighted by atomic mass is 10.0. The maximum absolute atomic E-state index is 7.49. The Morgan fingerprint density at radius 1 is 1.50 bits per heavy atom. The molecule has 1 aliphatic rings. The van der Waals surface area contributed by atoms with Gasteiger partial charge in [-0.2, -0.15) is 0 Å². The van der Waals surface area contributed by atoms with Gasteiger partial charge in [-0.1, -0.05) is 19.1 Å². The van der Waals surface area contributed by atoms with E-state index in [4.69, 9.17) is 15.9 Å². The molecule has 0 aliphatic carbocycles. The Morgan fingerprint density at radius 2 is 2.25 bits per heavy atom. The van der Waals surface area contributed by atoms with E-state index in [9.17, 15) is 0 Å². The minimum atomic E-state index is 0.131. The van der Waals surface area contributed by atoms with Crippen molar-refractivity contribution in [3.8, 4) is 0 Å². The first-order chi connectivity index (χ1) is 9.51. The van der Waals surface area contributed by atoms with Crippen molar-refractivity contribution < 1.29 is 4.74 Å². The number of aryl methyl sites for hydroxylation is 1. The number of amidine groups is 1. The molecule has 4 heteroatoms. The first kappa shape index (κ1) is 15.0. The molecule has 0 amide bonds. The summed E-state index contributed by atoms with van der Waals surface area (Å²) < 4.78 is 5.74. The van der Waals surface area contributed by atoms with Crippen LogP contribution in [0.25, 0.3) is 0 Å². The molecule has 1 aromatic carbocycles. The predicted molar refractivity (Wildman–Crippen MR) is 82.1 cm³/mol. The van der Waals surface area contributed by atoms with Crippen LogP contribution in [0.4, 0.5) is 0 Å². The van der Waals surface area contributed by atoms with E-state index in [0.29, 0.717) is 12.1 Å². The lowest BCUT2D eigenvalue weighted by molar-refractivity contribution is -0.0592. The highest BCUT2D eigenvalue weighted by atomic mass is 16.5. The van der Waals surface area contributed by atoms with Gasteiger partial charge in [0, 0.05) is 24.7 Å². The number of ether oxygens (including phenoxy) is 1. The third-order valence-corrected chi connectivity index (χ3v) is 4.08. The summed E-state index contributed by atoms with van der Waals surface area (Å²) in [6.07, 6.45) is 1.41. The summed E-state index contributed by atoms with van der Waals surface area (Å²) in [6, 6.07) is 6.54. The van der Waals surface area contributed by atoms with Gasteiger partial charge in [0.15, 0.2) is 0 Å². The van der Waals surface area contributed by atoms with E-state index in [1.807, 2.05) is 12.1 Å². The number of hydrogen-bond donors (Lipinski definition) is 2. The van der Waals surface area contributed by atoms with Crippen molar-refractivity contribution in [1.82, 2.24) is 4.90 Å². The number of nitrogen functional groups attached to an aromatic ring is 1. The van der Waals surface area contributed by atoms with Crippen LogP contribution in [0.3, 0.4) is 0 Å². The zero-order chi connectivity index (χ0) is 14.7. The minimum Gasteiger partial charge on any atom is -0.384 e. The zero-order valence-electron chi connectivity index (χ0n) is 12.6. The Morgan fingerprint density at radius 3 is 2.85 bits per heavy atom. The average molecular weight is 275 g/mol. The monoisotopic (exact) mass is 275 g/mol. The van der Waals surface area contributed by atoms with Gasteiger partial charge in [-0.15, -0.1) is 0 Å². The van der Waals surface area contributed by atoms with Crippen molar-refractivity contribution in [3.05, 3.63) is 34.9 Å². The second-order valence-corrected chi connectivity index (χ2v) is 5.69. The van der Waals surface area contributed by atoms with Gasteiger partial charge < -0.3 is 10.5 Å². The van der Waals surface area contributed by atoms with Crippen LogP contribution in [0, 0.1) is 12.3 Å². The molecule has 3 N–H and O–H groups in total. The largest absolute Gasteiger partial charge is 0.384 e. The summed E-state index contributed by atoms with van der Waals surface area (Å²) in [5, 5.41) is 7.49. The van der Waals surface area contributed by atoms with E-state index >= 15 is 0 Å². The van der Waals surface area contributed by atoms with E-state index in [-0.39, 0.29) is 5.84 Å². The molecule has 20 heavy (non-hydrogen) atoms. The first-order valence-electron chi connectivity index (χ1n) is 7.30. The SMILES string of the molecule is CCC1COC(C)CN1Cc1ccc(C(=N)N)cc1C. The van der Waals surface area contributed by atoms with Crippen LogP contribution in [0.2, 0.25) is 0 Å². The van der Waals surface area contributed by atoms with Crippen LogP contribution in [0.5, 0.6) is 0 Å². The third kappa shape index (κ3) is 3.38. The fraction of sp³-hybridized carbons (Fsp3) is 0.562. The fourth-order valence-corrected chi connectivity index (χ4v) is 2.74. The van der Waals surface area contributed by atoms with Crippen molar-refractivity contribution in [2.45, 2.75) is 45.9 Å². The maximum atomic E-state index is 7.49. The predicted octanol–water partition coefficient (Wildman–Crippen LogP) is 2.28. The van der Waals surface area contributed by atoms with E-state index < -0.39 is 0 Å². The Balaban J connectivity index is 2.13. The molecule has 1 aromatic rings. The van der Waals surface area contributed by atoms with Crippen LogP contribution in [0.15, 0.2) is 18.2 Å². The van der Waals surface area contributed by atoms with Crippen molar-refractivity contribution in [1.29, 1.82) is 5.41 Å². The molecular formula is C16H25N3O. The van der Waals surface area contributed by atoms with Crippen LogP contribution in [-0.4, -0.2) is 36.0 Å². The second-order valence-electron chi connectivity index (χ2n) is 5.69. The molecular weight excluding hydrogens is 250 g/mol. The molecule has 0 aromatic heterocycles. The first-order valence-corrected chi connectivity index (χ1v) is 7.30. The summed E-state index contributed by atoms with van der Waals surface area (Å²) in [7, 11) is 0. The molecule has 1 fully saturated rings. The topological polar surface area (TPSA) is 62.3 Å². The van der Waals surface area contributed by atoms with Crippen LogP contribution in [-0.2, 0) is 11.3 Å². The Bertz CT molecular complexity index is 487. The minimum absolute atomic E-state index is 0.131. The highest BCUT2D eigenvalue weighted by Crippen LogP contribution is 2.20. The molecule has 0 radical (unpaired) electrons. The van der Waals surface area contributed by atoms with E-state index in [2.05, 4.69) is 31.7 Å². The molecule has 2 unspecified atom stereocenters. The summed E-state index contributed by atoms with van der Waals surface area (Å²) in [5.41, 5.74) is 8.84. The number of nitrogens with two attached hydrogens (primary N) is 1. The van der Waals surface area contributed by atoms with Gasteiger partial charge in [-0.05, 0) is 37.5 Å². The number of rotatable bonds is 4. The van der Waals surface area contributed by atoms with Gasteiger partial charge in [0.1, 0.15) is 5.84 Å². The normalized spacial score (nSPS) is 23.8. The summed E-state index contributed by atoms with van der Waals surface area (Å²) in [4.78, 5) is 2.50. The van der Waals surface area contributed by atoms with Gasteiger partial charge in [0.05, 0.1) is 12.7 Å². The van der Waals surface area contributed by atoms with E-state index in [1.54, 1.807) is 0 Å². The molecule has 1 aliphatic heterocycles. The molecule has 110 valence electrons. The Hall–Kier alpha value is -1.39. The standard InChI is InChI=1S/C16H25N3O/c1-4-15-10-20-12(3)8-19(15)9-14-6-5-13(16(17)18)7-11(14)2/h5-7,12,15H,4,8-10H2,1-3H3,(H3,17,18). The average Bonchev–Trinajstić information content (AvgIpc) is 2.41. The lowest BCUT2D eigenvalue weighted by Crippen LogP contribution is -2.47. The van der Waals surface area contributed by atoms with E-state index in [1.165, 1.54) is 11.1 Å². The lowest BCUT2D eigenvalue weighted by Gasteiger charge is -2.38. The molecule has 2 atom stereocenters. The van der Waals surface area contributed by atoms with Crippen molar-refractivity contribution in [3.63, 3.8) is 0 Å². The van der Waals surface area contributed by atoms with E-state index in [0.717, 1.165) is 31.7 Å². The number of nitrogens with one attached hydrogen (secondary N) is 1. The van der Waals surface area contributed by atoms with Gasteiger partial charge in [0.25, 0.3) is 0 Å². The number of benzene rings is 1. The molecule has 0 saturated carbocycles. The van der Waals surface area contributed by atoms with Gasteiger partial charge >= 0.3 is 0 Å². The molecule has 4 nitrogen and oxygen atoms in total. The molecule has 1 saturated heterocycles. The smallest absolute Gasteiger partial charge is 0.122 e. The van der Waals surface area contributed by atoms with Crippen molar-refractivity contribution in [2.75, 3.05) is 13.2 Å². The van der Waals surface area contributed by atoms with Gasteiger partial charge in [-0.25, -0.2) is 0 Å². The van der Waals surface area contributed by atoms with Gasteiger partial charge in [-0.3, -0.25) is 10.3 Å². The van der Waals surface area contributed by atoms with Gasteiger partial charge in [0.2, 0.25) is 0 Å². The van der Waals surface area contributed by atoms with Crippen molar-refractivity contribution in [2.24, 2.45) is 5.73 Å². The van der Waals surface area contributed by atoms with Crippen LogP contribution < -0.4 is 5.73 Å². The van der Waals surface area contributed by atoms with Crippen molar-refractivity contribution >= 4 is 5.84 Å². The Labute approximate surface area is 121 Å². The highest BCUT2D eigenvalue weighted by Gasteiger charge is 2.25. The number of morpholine rings is 1. The fourth-order valence-electron chi connectivity index (χ4n) is 2.74. The molecule has 1 heterocycles. The molecule has 2 rings (SSSR count).